The second kappa shape index (κ2) is 8.14. The number of hydrogen-bond donors (Lipinski definition) is 1. The average molecular weight is 304 g/mol. The molecule has 0 saturated heterocycles. The van der Waals surface area contributed by atoms with Gasteiger partial charge in [-0.2, -0.15) is 0 Å². The summed E-state index contributed by atoms with van der Waals surface area (Å²) < 4.78 is 0. The largest absolute Gasteiger partial charge is 0.354 e. The molecule has 1 heterocycles. The molecule has 118 valence electrons. The first-order chi connectivity index (χ1) is 11.1. The zero-order valence-electron chi connectivity index (χ0n) is 14.1. The molecule has 0 unspecified atom stereocenters. The summed E-state index contributed by atoms with van der Waals surface area (Å²) in [5.74, 6) is 0. The van der Waals surface area contributed by atoms with Gasteiger partial charge in [-0.3, -0.25) is 4.98 Å². The lowest BCUT2D eigenvalue weighted by Crippen LogP contribution is -2.01. The molecule has 2 heteroatoms. The number of anilines is 1. The molecular formula is C21H24N2. The van der Waals surface area contributed by atoms with E-state index in [-0.39, 0.29) is 0 Å². The number of pyridine rings is 1. The molecule has 0 spiro atoms. The summed E-state index contributed by atoms with van der Waals surface area (Å²) in [5.41, 5.74) is 6.45. The number of hydrogen-bond acceptors (Lipinski definition) is 2. The summed E-state index contributed by atoms with van der Waals surface area (Å²) in [5, 5.41) is 3.34. The van der Waals surface area contributed by atoms with Crippen molar-refractivity contribution in [2.75, 3.05) is 5.32 Å². The minimum Gasteiger partial charge on any atom is -0.354 e. The first-order valence-corrected chi connectivity index (χ1v) is 7.85. The SMILES string of the molecule is C=C(Nc1ccccc1C)c1ccc(C/C(C)=C\C=C/C)cn1. The Balaban J connectivity index is 2.04. The zero-order chi connectivity index (χ0) is 16.7. The zero-order valence-corrected chi connectivity index (χ0v) is 14.1. The number of aryl methyl sites for hydroxylation is 1. The van der Waals surface area contributed by atoms with Gasteiger partial charge in [0.1, 0.15) is 0 Å². The molecule has 1 aromatic carbocycles. The maximum absolute atomic E-state index is 4.53. The molecule has 0 amide bonds. The molecule has 2 aromatic rings. The Morgan fingerprint density at radius 3 is 2.65 bits per heavy atom. The monoisotopic (exact) mass is 304 g/mol. The highest BCUT2D eigenvalue weighted by molar-refractivity contribution is 5.74. The Morgan fingerprint density at radius 2 is 2.00 bits per heavy atom. The third kappa shape index (κ3) is 4.96. The van der Waals surface area contributed by atoms with Crippen LogP contribution in [0, 0.1) is 6.92 Å². The van der Waals surface area contributed by atoms with Crippen LogP contribution in [0.25, 0.3) is 5.70 Å². The fraction of sp³-hybridized carbons (Fsp3) is 0.190. The van der Waals surface area contributed by atoms with Crippen LogP contribution in [0.4, 0.5) is 5.69 Å². The van der Waals surface area contributed by atoms with Crippen molar-refractivity contribution in [1.82, 2.24) is 4.98 Å². The molecule has 2 rings (SSSR count). The predicted molar refractivity (Wildman–Crippen MR) is 100 cm³/mol. The van der Waals surface area contributed by atoms with E-state index in [9.17, 15) is 0 Å². The van der Waals surface area contributed by atoms with Crippen molar-refractivity contribution < 1.29 is 0 Å². The molecule has 0 fully saturated rings. The highest BCUT2D eigenvalue weighted by Crippen LogP contribution is 2.19. The molecule has 23 heavy (non-hydrogen) atoms. The topological polar surface area (TPSA) is 24.9 Å². The van der Waals surface area contributed by atoms with Gasteiger partial charge in [-0.1, -0.05) is 54.6 Å². The van der Waals surface area contributed by atoms with Gasteiger partial charge in [0.05, 0.1) is 11.4 Å². The quantitative estimate of drug-likeness (QED) is 0.709. The van der Waals surface area contributed by atoms with Crippen molar-refractivity contribution in [2.24, 2.45) is 0 Å². The van der Waals surface area contributed by atoms with Crippen LogP contribution in [0.1, 0.15) is 30.7 Å². The molecule has 0 atom stereocenters. The minimum atomic E-state index is 0.812. The van der Waals surface area contributed by atoms with E-state index in [1.54, 1.807) is 0 Å². The van der Waals surface area contributed by atoms with Crippen LogP contribution >= 0.6 is 0 Å². The van der Waals surface area contributed by atoms with Crippen molar-refractivity contribution in [3.05, 3.63) is 89.8 Å². The van der Waals surface area contributed by atoms with Crippen LogP contribution in [0.2, 0.25) is 0 Å². The Labute approximate surface area is 139 Å². The Morgan fingerprint density at radius 1 is 1.22 bits per heavy atom. The summed E-state index contributed by atoms with van der Waals surface area (Å²) >= 11 is 0. The number of allylic oxidation sites excluding steroid dienone is 4. The summed E-state index contributed by atoms with van der Waals surface area (Å²) in [4.78, 5) is 4.53. The van der Waals surface area contributed by atoms with E-state index >= 15 is 0 Å². The van der Waals surface area contributed by atoms with E-state index in [0.717, 1.165) is 23.5 Å². The van der Waals surface area contributed by atoms with Gasteiger partial charge in [-0.25, -0.2) is 0 Å². The summed E-state index contributed by atoms with van der Waals surface area (Å²) in [6.45, 7) is 10.3. The molecule has 2 nitrogen and oxygen atoms in total. The Hall–Kier alpha value is -2.61. The molecule has 1 aromatic heterocycles. The lowest BCUT2D eigenvalue weighted by atomic mass is 10.1. The lowest BCUT2D eigenvalue weighted by molar-refractivity contribution is 1.10. The van der Waals surface area contributed by atoms with Crippen LogP contribution in [0.15, 0.2) is 73.0 Å². The Bertz CT molecular complexity index is 722. The third-order valence-corrected chi connectivity index (χ3v) is 3.62. The highest BCUT2D eigenvalue weighted by Gasteiger charge is 2.03. The molecular weight excluding hydrogens is 280 g/mol. The molecule has 1 N–H and O–H groups in total. The van der Waals surface area contributed by atoms with Gasteiger partial charge in [-0.05, 0) is 50.5 Å². The van der Waals surface area contributed by atoms with Gasteiger partial charge < -0.3 is 5.32 Å². The van der Waals surface area contributed by atoms with Crippen LogP contribution in [-0.2, 0) is 6.42 Å². The van der Waals surface area contributed by atoms with E-state index < -0.39 is 0 Å². The van der Waals surface area contributed by atoms with Crippen molar-refractivity contribution >= 4 is 11.4 Å². The second-order valence-corrected chi connectivity index (χ2v) is 5.69. The summed E-state index contributed by atoms with van der Waals surface area (Å²) in [6.07, 6.45) is 9.06. The van der Waals surface area contributed by atoms with Crippen LogP contribution in [0.3, 0.4) is 0 Å². The number of benzene rings is 1. The Kier molecular flexibility index (Phi) is 5.93. The van der Waals surface area contributed by atoms with E-state index in [0.29, 0.717) is 0 Å². The van der Waals surface area contributed by atoms with E-state index in [1.807, 2.05) is 43.5 Å². The number of nitrogens with one attached hydrogen (secondary N) is 1. The smallest absolute Gasteiger partial charge is 0.0858 e. The molecule has 0 saturated carbocycles. The summed E-state index contributed by atoms with van der Waals surface area (Å²) in [6, 6.07) is 12.3. The predicted octanol–water partition coefficient (Wildman–Crippen LogP) is 5.54. The third-order valence-electron chi connectivity index (χ3n) is 3.62. The number of nitrogens with zero attached hydrogens (tertiary/aromatic N) is 1. The van der Waals surface area contributed by atoms with Gasteiger partial charge in [-0.15, -0.1) is 0 Å². The van der Waals surface area contributed by atoms with Gasteiger partial charge in [0.25, 0.3) is 0 Å². The summed E-state index contributed by atoms with van der Waals surface area (Å²) in [7, 11) is 0. The molecule has 0 aliphatic carbocycles. The minimum absolute atomic E-state index is 0.812. The average Bonchev–Trinajstić information content (AvgIpc) is 2.55. The van der Waals surface area contributed by atoms with E-state index in [4.69, 9.17) is 0 Å². The van der Waals surface area contributed by atoms with Crippen molar-refractivity contribution in [3.63, 3.8) is 0 Å². The molecule has 0 aliphatic rings. The van der Waals surface area contributed by atoms with Crippen LogP contribution < -0.4 is 5.32 Å². The van der Waals surface area contributed by atoms with Gasteiger partial charge in [0.2, 0.25) is 0 Å². The first-order valence-electron chi connectivity index (χ1n) is 7.85. The molecule has 0 aliphatic heterocycles. The number of para-hydroxylation sites is 1. The van der Waals surface area contributed by atoms with Crippen molar-refractivity contribution in [1.29, 1.82) is 0 Å². The fourth-order valence-electron chi connectivity index (χ4n) is 2.29. The lowest BCUT2D eigenvalue weighted by Gasteiger charge is -2.12. The van der Waals surface area contributed by atoms with Gasteiger partial charge >= 0.3 is 0 Å². The van der Waals surface area contributed by atoms with Crippen molar-refractivity contribution in [2.45, 2.75) is 27.2 Å². The maximum atomic E-state index is 4.53. The van der Waals surface area contributed by atoms with E-state index in [1.165, 1.54) is 16.7 Å². The van der Waals surface area contributed by atoms with Crippen LogP contribution in [-0.4, -0.2) is 4.98 Å². The highest BCUT2D eigenvalue weighted by atomic mass is 14.9. The first kappa shape index (κ1) is 16.8. The number of aromatic nitrogens is 1. The normalized spacial score (nSPS) is 11.7. The second-order valence-electron chi connectivity index (χ2n) is 5.69. The standard InChI is InChI=1S/C21H24N2/c1-5-6-9-16(2)14-19-12-13-21(22-15-19)18(4)23-20-11-8-7-10-17(20)3/h5-13,15,23H,4,14H2,1-3H3/b6-5-,16-9-. The van der Waals surface area contributed by atoms with Crippen LogP contribution in [0.5, 0.6) is 0 Å². The van der Waals surface area contributed by atoms with Gasteiger partial charge in [0.15, 0.2) is 0 Å². The molecule has 0 radical (unpaired) electrons. The fourth-order valence-corrected chi connectivity index (χ4v) is 2.29. The number of rotatable bonds is 6. The maximum Gasteiger partial charge on any atom is 0.0858 e. The van der Waals surface area contributed by atoms with Gasteiger partial charge in [0, 0.05) is 11.9 Å². The van der Waals surface area contributed by atoms with Crippen molar-refractivity contribution in [3.8, 4) is 0 Å². The van der Waals surface area contributed by atoms with E-state index in [2.05, 4.69) is 55.0 Å². The molecule has 0 bridgehead atoms.